The highest BCUT2D eigenvalue weighted by Crippen LogP contribution is 2.45. The van der Waals surface area contributed by atoms with Crippen LogP contribution in [0, 0.1) is 0 Å². The first-order chi connectivity index (χ1) is 15.5. The third kappa shape index (κ3) is 3.61. The van der Waals surface area contributed by atoms with E-state index in [1.54, 1.807) is 12.0 Å². The summed E-state index contributed by atoms with van der Waals surface area (Å²) in [7, 11) is 1.65. The molecule has 2 aromatic rings. The van der Waals surface area contributed by atoms with Gasteiger partial charge < -0.3 is 14.4 Å². The highest BCUT2D eigenvalue weighted by atomic mass is 16.6. The number of hydrogen-bond donors (Lipinski definition) is 0. The summed E-state index contributed by atoms with van der Waals surface area (Å²) in [6, 6.07) is 17.9. The van der Waals surface area contributed by atoms with E-state index in [2.05, 4.69) is 0 Å². The number of rotatable bonds is 5. The molecule has 0 bridgehead atoms. The van der Waals surface area contributed by atoms with Crippen molar-refractivity contribution in [2.24, 2.45) is 0 Å². The molecule has 2 saturated heterocycles. The fourth-order valence-corrected chi connectivity index (χ4v) is 5.67. The van der Waals surface area contributed by atoms with Crippen LogP contribution in [0.2, 0.25) is 0 Å². The Labute approximate surface area is 189 Å². The molecule has 1 spiro atoms. The molecule has 2 heterocycles. The molecule has 0 N–H and O–H groups in total. The van der Waals surface area contributed by atoms with E-state index in [-0.39, 0.29) is 12.0 Å². The monoisotopic (exact) mass is 434 g/mol. The first kappa shape index (κ1) is 20.9. The summed E-state index contributed by atoms with van der Waals surface area (Å²) in [5.74, 6) is 0.973. The number of amides is 2. The Kier molecular flexibility index (Phi) is 5.31. The van der Waals surface area contributed by atoms with Crippen molar-refractivity contribution in [3.05, 3.63) is 65.7 Å². The minimum Gasteiger partial charge on any atom is -0.497 e. The second-order valence-electron chi connectivity index (χ2n) is 9.39. The molecule has 1 atom stereocenters. The summed E-state index contributed by atoms with van der Waals surface area (Å²) in [5.41, 5.74) is 1.07. The summed E-state index contributed by atoms with van der Waals surface area (Å²) >= 11 is 0. The van der Waals surface area contributed by atoms with E-state index in [9.17, 15) is 9.59 Å². The van der Waals surface area contributed by atoms with Crippen molar-refractivity contribution in [1.29, 1.82) is 0 Å². The summed E-state index contributed by atoms with van der Waals surface area (Å²) < 4.78 is 11.2. The molecule has 1 aliphatic carbocycles. The van der Waals surface area contributed by atoms with Crippen molar-refractivity contribution in [3.63, 3.8) is 0 Å². The van der Waals surface area contributed by atoms with Gasteiger partial charge in [0.1, 0.15) is 5.75 Å². The van der Waals surface area contributed by atoms with Gasteiger partial charge in [0.2, 0.25) is 5.91 Å². The van der Waals surface area contributed by atoms with E-state index in [0.29, 0.717) is 32.6 Å². The molecule has 3 aliphatic rings. The van der Waals surface area contributed by atoms with Gasteiger partial charge in [-0.1, -0.05) is 55.3 Å². The third-order valence-electron chi connectivity index (χ3n) is 7.37. The Hall–Kier alpha value is -3.02. The topological polar surface area (TPSA) is 59.1 Å². The molecular formula is C26H30N2O4. The van der Waals surface area contributed by atoms with Gasteiger partial charge in [-0.05, 0) is 36.1 Å². The summed E-state index contributed by atoms with van der Waals surface area (Å²) in [6.07, 6.45) is 4.24. The molecule has 3 fully saturated rings. The van der Waals surface area contributed by atoms with Crippen molar-refractivity contribution >= 4 is 12.0 Å². The Morgan fingerprint density at radius 1 is 1.00 bits per heavy atom. The maximum Gasteiger partial charge on any atom is 0.410 e. The fraction of sp³-hybridized carbons (Fsp3) is 0.462. The van der Waals surface area contributed by atoms with Crippen molar-refractivity contribution in [3.8, 4) is 5.75 Å². The lowest BCUT2D eigenvalue weighted by atomic mass is 9.77. The molecule has 2 aromatic carbocycles. The normalized spacial score (nSPS) is 24.2. The zero-order valence-corrected chi connectivity index (χ0v) is 18.6. The predicted molar refractivity (Wildman–Crippen MR) is 120 cm³/mol. The van der Waals surface area contributed by atoms with E-state index in [1.807, 2.05) is 59.5 Å². The number of ether oxygens (including phenoxy) is 2. The number of carbonyl (C=O) groups excluding carboxylic acids is 2. The van der Waals surface area contributed by atoms with Gasteiger partial charge in [-0.2, -0.15) is 0 Å². The highest BCUT2D eigenvalue weighted by Gasteiger charge is 2.54. The van der Waals surface area contributed by atoms with Gasteiger partial charge in [0.25, 0.3) is 0 Å². The van der Waals surface area contributed by atoms with Gasteiger partial charge in [-0.3, -0.25) is 9.69 Å². The Morgan fingerprint density at radius 2 is 1.72 bits per heavy atom. The quantitative estimate of drug-likeness (QED) is 0.710. The van der Waals surface area contributed by atoms with E-state index in [0.717, 1.165) is 42.6 Å². The Bertz CT molecular complexity index is 985. The minimum atomic E-state index is -0.596. The summed E-state index contributed by atoms with van der Waals surface area (Å²) in [6.45, 7) is 2.16. The minimum absolute atomic E-state index is 0.176. The lowest BCUT2D eigenvalue weighted by molar-refractivity contribution is -0.137. The van der Waals surface area contributed by atoms with Crippen LogP contribution in [0.1, 0.15) is 43.2 Å². The van der Waals surface area contributed by atoms with Crippen LogP contribution >= 0.6 is 0 Å². The number of benzene rings is 2. The van der Waals surface area contributed by atoms with Gasteiger partial charge in [-0.25, -0.2) is 4.79 Å². The van der Waals surface area contributed by atoms with Gasteiger partial charge in [0.15, 0.2) is 5.60 Å². The molecule has 5 rings (SSSR count). The second kappa shape index (κ2) is 8.15. The first-order valence-corrected chi connectivity index (χ1v) is 11.5. The van der Waals surface area contributed by atoms with Gasteiger partial charge >= 0.3 is 6.09 Å². The molecule has 0 aromatic heterocycles. The average molecular weight is 435 g/mol. The molecule has 0 unspecified atom stereocenters. The van der Waals surface area contributed by atoms with Crippen LogP contribution in [0.15, 0.2) is 54.6 Å². The molecule has 2 amide bonds. The maximum atomic E-state index is 13.9. The lowest BCUT2D eigenvalue weighted by Gasteiger charge is -2.33. The van der Waals surface area contributed by atoms with Crippen molar-refractivity contribution in [2.75, 3.05) is 26.7 Å². The van der Waals surface area contributed by atoms with Crippen LogP contribution < -0.4 is 4.74 Å². The Morgan fingerprint density at radius 3 is 2.41 bits per heavy atom. The van der Waals surface area contributed by atoms with Crippen LogP contribution in [-0.4, -0.2) is 54.1 Å². The van der Waals surface area contributed by atoms with Crippen LogP contribution in [0.3, 0.4) is 0 Å². The van der Waals surface area contributed by atoms with Gasteiger partial charge in [-0.15, -0.1) is 0 Å². The number of methoxy groups -OCH3 is 1. The standard InChI is InChI=1S/C26H30N2O4/c1-31-22-11-9-21(10-12-22)26(13-5-6-14-26)23(29)27-16-15-25(18-27)19-28(24(30)32-25)17-20-7-3-2-4-8-20/h2-4,7-12H,5-6,13-19H2,1H3/t25-/m0/s1. The molecule has 6 heteroatoms. The zero-order chi connectivity index (χ0) is 22.2. The second-order valence-corrected chi connectivity index (χ2v) is 9.39. The summed E-state index contributed by atoms with van der Waals surface area (Å²) in [4.78, 5) is 30.2. The van der Waals surface area contributed by atoms with Crippen LogP contribution in [-0.2, 0) is 21.5 Å². The highest BCUT2D eigenvalue weighted by molar-refractivity contribution is 5.89. The van der Waals surface area contributed by atoms with E-state index in [4.69, 9.17) is 9.47 Å². The van der Waals surface area contributed by atoms with Crippen molar-refractivity contribution < 1.29 is 19.1 Å². The number of carbonyl (C=O) groups is 2. The van der Waals surface area contributed by atoms with Crippen LogP contribution in [0.25, 0.3) is 0 Å². The van der Waals surface area contributed by atoms with Crippen LogP contribution in [0.5, 0.6) is 5.75 Å². The molecular weight excluding hydrogens is 404 g/mol. The summed E-state index contributed by atoms with van der Waals surface area (Å²) in [5, 5.41) is 0. The zero-order valence-electron chi connectivity index (χ0n) is 18.6. The molecule has 1 saturated carbocycles. The molecule has 0 radical (unpaired) electrons. The van der Waals surface area contributed by atoms with Crippen molar-refractivity contribution in [1.82, 2.24) is 9.80 Å². The average Bonchev–Trinajstić information content (AvgIpc) is 3.54. The number of nitrogens with zero attached hydrogens (tertiary/aromatic N) is 2. The molecule has 6 nitrogen and oxygen atoms in total. The lowest BCUT2D eigenvalue weighted by Crippen LogP contribution is -2.47. The Balaban J connectivity index is 1.32. The molecule has 2 aliphatic heterocycles. The van der Waals surface area contributed by atoms with Crippen LogP contribution in [0.4, 0.5) is 4.79 Å². The van der Waals surface area contributed by atoms with E-state index in [1.165, 1.54) is 0 Å². The maximum absolute atomic E-state index is 13.9. The van der Waals surface area contributed by atoms with Gasteiger partial charge in [0, 0.05) is 19.5 Å². The van der Waals surface area contributed by atoms with E-state index < -0.39 is 11.0 Å². The number of likely N-dealkylation sites (tertiary alicyclic amines) is 1. The molecule has 168 valence electrons. The van der Waals surface area contributed by atoms with E-state index >= 15 is 0 Å². The number of hydrogen-bond acceptors (Lipinski definition) is 4. The van der Waals surface area contributed by atoms with Crippen molar-refractivity contribution in [2.45, 2.75) is 49.7 Å². The fourth-order valence-electron chi connectivity index (χ4n) is 5.67. The molecule has 32 heavy (non-hydrogen) atoms. The SMILES string of the molecule is COc1ccc(C2(C(=O)N3CC[C@@]4(CN(Cc5ccccc5)C(=O)O4)C3)CCCC2)cc1. The largest absolute Gasteiger partial charge is 0.497 e. The predicted octanol–water partition coefficient (Wildman–Crippen LogP) is 4.13. The van der Waals surface area contributed by atoms with Gasteiger partial charge in [0.05, 0.1) is 25.6 Å². The third-order valence-corrected chi connectivity index (χ3v) is 7.37. The first-order valence-electron chi connectivity index (χ1n) is 11.5. The smallest absolute Gasteiger partial charge is 0.410 e.